The summed E-state index contributed by atoms with van der Waals surface area (Å²) in [4.78, 5) is 7.44. The normalized spacial score (nSPS) is 17.7. The number of allylic oxidation sites excluding steroid dienone is 2. The Morgan fingerprint density at radius 3 is 2.33 bits per heavy atom. The fourth-order valence-electron chi connectivity index (χ4n) is 5.64. The summed E-state index contributed by atoms with van der Waals surface area (Å²) >= 11 is 0. The molecule has 168 valence electrons. The molecule has 1 aliphatic carbocycles. The molecule has 36 heavy (non-hydrogen) atoms. The van der Waals surface area contributed by atoms with Gasteiger partial charge in [-0.05, 0) is 60.2 Å². The number of fused-ring (bicyclic) bond motifs is 6. The van der Waals surface area contributed by atoms with Crippen LogP contribution in [-0.4, -0.2) is 15.6 Å². The van der Waals surface area contributed by atoms with Crippen molar-refractivity contribution in [3.8, 4) is 18.0 Å². The molecule has 5 nitrogen and oxygen atoms in total. The van der Waals surface area contributed by atoms with Crippen LogP contribution in [0.1, 0.15) is 22.6 Å². The Morgan fingerprint density at radius 1 is 0.694 bits per heavy atom. The second kappa shape index (κ2) is 7.70. The summed E-state index contributed by atoms with van der Waals surface area (Å²) in [7, 11) is 0. The highest BCUT2D eigenvalue weighted by Gasteiger charge is 2.38. The second-order valence-electron chi connectivity index (χ2n) is 9.09. The molecule has 0 bridgehead atoms. The van der Waals surface area contributed by atoms with Crippen LogP contribution in [0.3, 0.4) is 0 Å². The number of hydrogen-bond donors (Lipinski definition) is 0. The van der Waals surface area contributed by atoms with Crippen molar-refractivity contribution in [3.05, 3.63) is 120 Å². The molecule has 0 fully saturated rings. The monoisotopic (exact) mass is 461 g/mol. The van der Waals surface area contributed by atoms with Gasteiger partial charge in [0.1, 0.15) is 11.6 Å². The van der Waals surface area contributed by atoms with Crippen molar-refractivity contribution in [2.24, 2.45) is 0 Å². The summed E-state index contributed by atoms with van der Waals surface area (Å²) < 4.78 is 2.17. The number of anilines is 2. The molecule has 2 aliphatic rings. The highest BCUT2D eigenvalue weighted by molar-refractivity contribution is 6.09. The number of nitrogens with zero attached hydrogens (tertiary/aromatic N) is 5. The van der Waals surface area contributed by atoms with Crippen molar-refractivity contribution < 1.29 is 0 Å². The lowest BCUT2D eigenvalue weighted by Gasteiger charge is -2.28. The van der Waals surface area contributed by atoms with E-state index in [1.165, 1.54) is 0 Å². The SMILES string of the molecule is N#Cc1ccc2c(c1)C1C=CC=CC1N2c1cccc(-n2c3ccccc3c3cc(C#N)ccc32)n1. The quantitative estimate of drug-likeness (QED) is 0.295. The van der Waals surface area contributed by atoms with Crippen LogP contribution in [0.15, 0.2) is 103 Å². The lowest BCUT2D eigenvalue weighted by atomic mass is 9.91. The summed E-state index contributed by atoms with van der Waals surface area (Å²) in [6.07, 6.45) is 8.56. The smallest absolute Gasteiger partial charge is 0.140 e. The first kappa shape index (κ1) is 20.3. The lowest BCUT2D eigenvalue weighted by Crippen LogP contribution is -2.29. The Labute approximate surface area is 208 Å². The summed E-state index contributed by atoms with van der Waals surface area (Å²) in [5.74, 6) is 1.84. The molecule has 0 amide bonds. The summed E-state index contributed by atoms with van der Waals surface area (Å²) in [5, 5.41) is 21.0. The van der Waals surface area contributed by atoms with Crippen LogP contribution in [0, 0.1) is 22.7 Å². The van der Waals surface area contributed by atoms with Crippen LogP contribution in [0.25, 0.3) is 27.6 Å². The van der Waals surface area contributed by atoms with Crippen molar-refractivity contribution in [1.29, 1.82) is 10.5 Å². The number of nitriles is 2. The minimum absolute atomic E-state index is 0.0954. The maximum absolute atomic E-state index is 9.47. The van der Waals surface area contributed by atoms with Crippen molar-refractivity contribution in [2.45, 2.75) is 12.0 Å². The average Bonchev–Trinajstić information content (AvgIpc) is 3.45. The van der Waals surface area contributed by atoms with E-state index >= 15 is 0 Å². The van der Waals surface area contributed by atoms with Gasteiger partial charge in [0.2, 0.25) is 0 Å². The highest BCUT2D eigenvalue weighted by atomic mass is 15.3. The van der Waals surface area contributed by atoms with E-state index in [2.05, 4.69) is 58.0 Å². The van der Waals surface area contributed by atoms with E-state index in [0.717, 1.165) is 44.7 Å². The summed E-state index contributed by atoms with van der Waals surface area (Å²) in [6, 6.07) is 30.7. The molecule has 2 unspecified atom stereocenters. The van der Waals surface area contributed by atoms with Gasteiger partial charge >= 0.3 is 0 Å². The molecule has 0 saturated carbocycles. The number of benzene rings is 3. The van der Waals surface area contributed by atoms with E-state index in [9.17, 15) is 10.5 Å². The van der Waals surface area contributed by atoms with Crippen LogP contribution in [-0.2, 0) is 0 Å². The summed E-state index contributed by atoms with van der Waals surface area (Å²) in [5.41, 5.74) is 5.59. The molecular formula is C31H19N5. The molecule has 7 rings (SSSR count). The van der Waals surface area contributed by atoms with Gasteiger partial charge in [-0.3, -0.25) is 4.57 Å². The first-order valence-corrected chi connectivity index (χ1v) is 11.9. The lowest BCUT2D eigenvalue weighted by molar-refractivity contribution is 0.737. The molecule has 5 heteroatoms. The van der Waals surface area contributed by atoms with Crippen LogP contribution in [0.5, 0.6) is 0 Å². The van der Waals surface area contributed by atoms with Gasteiger partial charge in [0, 0.05) is 22.4 Å². The first-order valence-electron chi connectivity index (χ1n) is 11.9. The van der Waals surface area contributed by atoms with E-state index in [-0.39, 0.29) is 12.0 Å². The number of aromatic nitrogens is 2. The highest BCUT2D eigenvalue weighted by Crippen LogP contribution is 2.47. The van der Waals surface area contributed by atoms with E-state index in [4.69, 9.17) is 4.98 Å². The van der Waals surface area contributed by atoms with Gasteiger partial charge < -0.3 is 4.90 Å². The van der Waals surface area contributed by atoms with Gasteiger partial charge in [-0.2, -0.15) is 10.5 Å². The molecule has 0 N–H and O–H groups in total. The zero-order chi connectivity index (χ0) is 24.2. The van der Waals surface area contributed by atoms with Gasteiger partial charge in [0.05, 0.1) is 40.3 Å². The van der Waals surface area contributed by atoms with Crippen LogP contribution in [0.2, 0.25) is 0 Å². The number of pyridine rings is 1. The average molecular weight is 462 g/mol. The molecule has 0 radical (unpaired) electrons. The Hall–Kier alpha value is -5.13. The van der Waals surface area contributed by atoms with E-state index in [0.29, 0.717) is 11.1 Å². The van der Waals surface area contributed by atoms with E-state index < -0.39 is 0 Å². The number of rotatable bonds is 2. The zero-order valence-electron chi connectivity index (χ0n) is 19.2. The molecule has 5 aromatic rings. The van der Waals surface area contributed by atoms with Crippen molar-refractivity contribution in [2.75, 3.05) is 4.90 Å². The molecule has 2 aromatic heterocycles. The number of hydrogen-bond acceptors (Lipinski definition) is 4. The minimum atomic E-state index is 0.0954. The predicted molar refractivity (Wildman–Crippen MR) is 141 cm³/mol. The Morgan fingerprint density at radius 2 is 1.44 bits per heavy atom. The zero-order valence-corrected chi connectivity index (χ0v) is 19.2. The fraction of sp³-hybridized carbons (Fsp3) is 0.0645. The van der Waals surface area contributed by atoms with E-state index in [1.807, 2.05) is 66.7 Å². The van der Waals surface area contributed by atoms with Gasteiger partial charge in [-0.1, -0.05) is 48.6 Å². The number of para-hydroxylation sites is 1. The second-order valence-corrected chi connectivity index (χ2v) is 9.09. The standard InChI is InChI=1S/C31H19N5/c32-18-20-12-14-28-24(16-20)22-6-1-3-8-26(22)35(28)30-10-5-11-31(34-30)36-27-9-4-2-7-23(27)25-17-21(19-33)13-15-29(25)36/h1-17,22,26H. The van der Waals surface area contributed by atoms with Crippen molar-refractivity contribution in [3.63, 3.8) is 0 Å². The molecule has 3 heterocycles. The Balaban J connectivity index is 1.43. The first-order chi connectivity index (χ1) is 17.8. The van der Waals surface area contributed by atoms with Gasteiger partial charge in [-0.25, -0.2) is 4.98 Å². The van der Waals surface area contributed by atoms with Crippen LogP contribution in [0.4, 0.5) is 11.5 Å². The van der Waals surface area contributed by atoms with Crippen molar-refractivity contribution in [1.82, 2.24) is 9.55 Å². The maximum Gasteiger partial charge on any atom is 0.140 e. The Kier molecular flexibility index (Phi) is 4.33. The molecule has 0 spiro atoms. The molecule has 2 atom stereocenters. The molecular weight excluding hydrogens is 442 g/mol. The topological polar surface area (TPSA) is 68.6 Å². The molecule has 0 saturated heterocycles. The van der Waals surface area contributed by atoms with Crippen LogP contribution >= 0.6 is 0 Å². The van der Waals surface area contributed by atoms with Crippen LogP contribution < -0.4 is 4.90 Å². The fourth-order valence-corrected chi connectivity index (χ4v) is 5.64. The third-order valence-electron chi connectivity index (χ3n) is 7.18. The minimum Gasteiger partial charge on any atom is -0.318 e. The summed E-state index contributed by atoms with van der Waals surface area (Å²) in [6.45, 7) is 0. The maximum atomic E-state index is 9.47. The Bertz CT molecular complexity index is 1840. The van der Waals surface area contributed by atoms with Gasteiger partial charge in [0.25, 0.3) is 0 Å². The third kappa shape index (κ3) is 2.84. The largest absolute Gasteiger partial charge is 0.318 e. The van der Waals surface area contributed by atoms with Gasteiger partial charge in [0.15, 0.2) is 0 Å². The third-order valence-corrected chi connectivity index (χ3v) is 7.18. The van der Waals surface area contributed by atoms with Crippen molar-refractivity contribution >= 4 is 33.3 Å². The molecule has 3 aromatic carbocycles. The molecule has 1 aliphatic heterocycles. The predicted octanol–water partition coefficient (Wildman–Crippen LogP) is 6.65. The van der Waals surface area contributed by atoms with E-state index in [1.54, 1.807) is 0 Å². The van der Waals surface area contributed by atoms with Gasteiger partial charge in [-0.15, -0.1) is 0 Å².